The number of aromatic carboxylic acids is 1. The van der Waals surface area contributed by atoms with Gasteiger partial charge in [0.15, 0.2) is 17.3 Å². The van der Waals surface area contributed by atoms with Gasteiger partial charge in [0.25, 0.3) is 0 Å². The number of carboxylic acids is 1. The van der Waals surface area contributed by atoms with Crippen molar-refractivity contribution in [1.82, 2.24) is 14.9 Å². The molecule has 30 heavy (non-hydrogen) atoms. The average molecular weight is 418 g/mol. The summed E-state index contributed by atoms with van der Waals surface area (Å²) in [5.41, 5.74) is -1.97. The van der Waals surface area contributed by atoms with Gasteiger partial charge < -0.3 is 15.3 Å². The summed E-state index contributed by atoms with van der Waals surface area (Å²) in [4.78, 5) is 30.1. The molecule has 4 rings (SSSR count). The lowest BCUT2D eigenvalue weighted by molar-refractivity contribution is 0.0695. The minimum absolute atomic E-state index is 0.0328. The number of carboxylic acid groups (broad SMARTS) is 1. The van der Waals surface area contributed by atoms with Crippen molar-refractivity contribution in [3.05, 3.63) is 63.7 Å². The molecule has 0 spiro atoms. The molecule has 1 unspecified atom stereocenters. The second kappa shape index (κ2) is 7.45. The first-order chi connectivity index (χ1) is 14.3. The highest BCUT2D eigenvalue weighted by Crippen LogP contribution is 2.25. The van der Waals surface area contributed by atoms with E-state index in [9.17, 15) is 27.9 Å². The number of rotatable bonds is 3. The molecule has 0 amide bonds. The molecular weight excluding hydrogens is 401 g/mol. The highest BCUT2D eigenvalue weighted by molar-refractivity contribution is 5.92. The number of pyridine rings is 2. The molecule has 1 fully saturated rings. The molecule has 3 heterocycles. The van der Waals surface area contributed by atoms with Gasteiger partial charge in [0, 0.05) is 37.9 Å². The van der Waals surface area contributed by atoms with Crippen molar-refractivity contribution in [3.8, 4) is 5.69 Å². The maximum absolute atomic E-state index is 14.9. The number of anilines is 1. The van der Waals surface area contributed by atoms with Crippen LogP contribution in [-0.4, -0.2) is 46.3 Å². The lowest BCUT2D eigenvalue weighted by Gasteiger charge is -2.33. The van der Waals surface area contributed by atoms with Crippen LogP contribution in [0.2, 0.25) is 0 Å². The number of hydrogen-bond donors (Lipinski definition) is 2. The summed E-state index contributed by atoms with van der Waals surface area (Å²) in [7, 11) is 0. The number of nitrogens with zero attached hydrogens (tertiary/aromatic N) is 3. The molecule has 7 nitrogen and oxygen atoms in total. The van der Waals surface area contributed by atoms with Crippen LogP contribution in [0.3, 0.4) is 0 Å². The maximum Gasteiger partial charge on any atom is 0.341 e. The van der Waals surface area contributed by atoms with E-state index >= 15 is 0 Å². The van der Waals surface area contributed by atoms with Gasteiger partial charge in [-0.1, -0.05) is 0 Å². The molecular formula is C20H17F3N4O3. The average Bonchev–Trinajstić information content (AvgIpc) is 2.68. The molecule has 156 valence electrons. The molecule has 1 atom stereocenters. The molecule has 0 bridgehead atoms. The summed E-state index contributed by atoms with van der Waals surface area (Å²) in [6.07, 6.45) is 0.915. The third kappa shape index (κ3) is 3.39. The second-order valence-electron chi connectivity index (χ2n) is 7.11. The van der Waals surface area contributed by atoms with Crippen molar-refractivity contribution in [2.75, 3.05) is 24.5 Å². The van der Waals surface area contributed by atoms with E-state index in [1.165, 1.54) is 0 Å². The second-order valence-corrected chi connectivity index (χ2v) is 7.11. The predicted octanol–water partition coefficient (Wildman–Crippen LogP) is 2.30. The van der Waals surface area contributed by atoms with E-state index in [1.54, 1.807) is 4.90 Å². The minimum atomic E-state index is -1.56. The fraction of sp³-hybridized carbons (Fsp3) is 0.250. The van der Waals surface area contributed by atoms with Crippen LogP contribution in [0.25, 0.3) is 16.7 Å². The number of fused-ring (bicyclic) bond motifs is 1. The molecule has 0 radical (unpaired) electrons. The summed E-state index contributed by atoms with van der Waals surface area (Å²) < 4.78 is 43.7. The summed E-state index contributed by atoms with van der Waals surface area (Å²) in [5.74, 6) is -4.19. The predicted molar refractivity (Wildman–Crippen MR) is 104 cm³/mol. The Morgan fingerprint density at radius 3 is 2.67 bits per heavy atom. The molecule has 1 saturated heterocycles. The lowest BCUT2D eigenvalue weighted by atomic mass is 10.1. The number of halogens is 3. The van der Waals surface area contributed by atoms with Crippen LogP contribution in [0.1, 0.15) is 17.3 Å². The van der Waals surface area contributed by atoms with Crippen molar-refractivity contribution in [3.63, 3.8) is 0 Å². The van der Waals surface area contributed by atoms with Gasteiger partial charge in [0.1, 0.15) is 17.2 Å². The van der Waals surface area contributed by atoms with Crippen LogP contribution in [0, 0.1) is 17.5 Å². The van der Waals surface area contributed by atoms with Gasteiger partial charge >= 0.3 is 5.97 Å². The lowest BCUT2D eigenvalue weighted by Crippen LogP contribution is -2.49. The summed E-state index contributed by atoms with van der Waals surface area (Å²) in [6, 6.07) is 3.70. The van der Waals surface area contributed by atoms with E-state index in [2.05, 4.69) is 10.3 Å². The van der Waals surface area contributed by atoms with Crippen LogP contribution in [0.4, 0.5) is 19.0 Å². The fourth-order valence-corrected chi connectivity index (χ4v) is 3.57. The molecule has 2 aromatic heterocycles. The third-order valence-electron chi connectivity index (χ3n) is 4.98. The topological polar surface area (TPSA) is 87.5 Å². The summed E-state index contributed by atoms with van der Waals surface area (Å²) >= 11 is 0. The molecule has 10 heteroatoms. The van der Waals surface area contributed by atoms with Gasteiger partial charge in [-0.2, -0.15) is 0 Å². The van der Waals surface area contributed by atoms with Crippen LogP contribution < -0.4 is 15.6 Å². The Bertz CT molecular complexity index is 1230. The molecule has 2 N–H and O–H groups in total. The quantitative estimate of drug-likeness (QED) is 0.679. The molecule has 1 aliphatic rings. The highest BCUT2D eigenvalue weighted by atomic mass is 19.1. The van der Waals surface area contributed by atoms with E-state index in [4.69, 9.17) is 0 Å². The third-order valence-corrected chi connectivity index (χ3v) is 4.98. The van der Waals surface area contributed by atoms with Crippen LogP contribution in [0.5, 0.6) is 0 Å². The molecule has 3 aromatic rings. The van der Waals surface area contributed by atoms with Crippen molar-refractivity contribution < 1.29 is 23.1 Å². The molecule has 0 saturated carbocycles. The van der Waals surface area contributed by atoms with E-state index in [0.717, 1.165) is 29.0 Å². The van der Waals surface area contributed by atoms with Crippen molar-refractivity contribution >= 4 is 22.8 Å². The van der Waals surface area contributed by atoms with Crippen LogP contribution >= 0.6 is 0 Å². The Morgan fingerprint density at radius 1 is 1.23 bits per heavy atom. The van der Waals surface area contributed by atoms with Crippen molar-refractivity contribution in [1.29, 1.82) is 0 Å². The standard InChI is InChI=1S/C20H17F3N4O3/c1-10-8-26(5-4-24-10)19-15(23)7-12-17(28)13(20(29)30)9-27(18(12)25-19)16-3-2-11(21)6-14(16)22/h2-3,6-7,9-10,24H,4-5,8H2,1H3,(H,29,30). The summed E-state index contributed by atoms with van der Waals surface area (Å²) in [5, 5.41) is 12.3. The van der Waals surface area contributed by atoms with Gasteiger partial charge in [-0.05, 0) is 25.1 Å². The first kappa shape index (κ1) is 19.9. The number of aromatic nitrogens is 2. The number of piperazine rings is 1. The van der Waals surface area contributed by atoms with Crippen LogP contribution in [0.15, 0.2) is 35.3 Å². The summed E-state index contributed by atoms with van der Waals surface area (Å²) in [6.45, 7) is 3.44. The van der Waals surface area contributed by atoms with Gasteiger partial charge in [-0.15, -0.1) is 0 Å². The first-order valence-corrected chi connectivity index (χ1v) is 9.19. The Hall–Kier alpha value is -3.40. The first-order valence-electron chi connectivity index (χ1n) is 9.19. The molecule has 1 aliphatic heterocycles. The Kier molecular flexibility index (Phi) is 4.94. The molecule has 0 aliphatic carbocycles. The maximum atomic E-state index is 14.9. The zero-order chi connectivity index (χ0) is 21.6. The SMILES string of the molecule is CC1CN(c2nc3c(cc2F)c(=O)c(C(=O)O)cn3-c2ccc(F)cc2F)CCN1. The van der Waals surface area contributed by atoms with Crippen molar-refractivity contribution in [2.24, 2.45) is 0 Å². The Labute approximate surface area is 168 Å². The fourth-order valence-electron chi connectivity index (χ4n) is 3.57. The van der Waals surface area contributed by atoms with Gasteiger partial charge in [-0.3, -0.25) is 9.36 Å². The van der Waals surface area contributed by atoms with E-state index in [0.29, 0.717) is 25.7 Å². The van der Waals surface area contributed by atoms with E-state index in [-0.39, 0.29) is 28.6 Å². The van der Waals surface area contributed by atoms with Crippen molar-refractivity contribution in [2.45, 2.75) is 13.0 Å². The number of benzene rings is 1. The van der Waals surface area contributed by atoms with E-state index in [1.807, 2.05) is 6.92 Å². The molecule has 1 aromatic carbocycles. The van der Waals surface area contributed by atoms with Gasteiger partial charge in [0.05, 0.1) is 11.1 Å². The smallest absolute Gasteiger partial charge is 0.341 e. The number of nitrogens with one attached hydrogen (secondary N) is 1. The minimum Gasteiger partial charge on any atom is -0.477 e. The normalized spacial score (nSPS) is 16.8. The highest BCUT2D eigenvalue weighted by Gasteiger charge is 2.24. The van der Waals surface area contributed by atoms with Gasteiger partial charge in [0.2, 0.25) is 5.43 Å². The number of hydrogen-bond acceptors (Lipinski definition) is 5. The zero-order valence-corrected chi connectivity index (χ0v) is 15.8. The Balaban J connectivity index is 2.03. The monoisotopic (exact) mass is 418 g/mol. The largest absolute Gasteiger partial charge is 0.477 e. The Morgan fingerprint density at radius 2 is 2.00 bits per heavy atom. The van der Waals surface area contributed by atoms with E-state index < -0.39 is 34.4 Å². The van der Waals surface area contributed by atoms with Gasteiger partial charge in [-0.25, -0.2) is 22.9 Å². The van der Waals surface area contributed by atoms with Crippen LogP contribution in [-0.2, 0) is 0 Å². The zero-order valence-electron chi connectivity index (χ0n) is 15.8. The number of carbonyl (C=O) groups is 1.